The Morgan fingerprint density at radius 1 is 1.06 bits per heavy atom. The molecule has 0 atom stereocenters. The third kappa shape index (κ3) is 4.81. The number of hydrogen-bond acceptors (Lipinski definition) is 4. The van der Waals surface area contributed by atoms with Gasteiger partial charge in [-0.1, -0.05) is 51.8 Å². The van der Waals surface area contributed by atoms with Crippen LogP contribution < -0.4 is 16.0 Å². The lowest BCUT2D eigenvalue weighted by Crippen LogP contribution is -2.32. The molecule has 0 aliphatic carbocycles. The molecule has 1 aromatic heterocycles. The zero-order chi connectivity index (χ0) is 22.0. The number of rotatable bonds is 5. The predicted molar refractivity (Wildman–Crippen MR) is 129 cm³/mol. The monoisotopic (exact) mass is 561 g/mol. The number of para-hydroxylation sites is 1. The quantitative estimate of drug-likeness (QED) is 0.334. The van der Waals surface area contributed by atoms with Crippen LogP contribution in [0.5, 0.6) is 5.75 Å². The summed E-state index contributed by atoms with van der Waals surface area (Å²) < 4.78 is 8.24. The van der Waals surface area contributed by atoms with Crippen molar-refractivity contribution in [3.05, 3.63) is 107 Å². The van der Waals surface area contributed by atoms with E-state index in [0.717, 1.165) is 14.7 Å². The Kier molecular flexibility index (Phi) is 6.41. The molecule has 0 radical (unpaired) electrons. The van der Waals surface area contributed by atoms with Crippen LogP contribution in [-0.2, 0) is 6.61 Å². The Balaban J connectivity index is 1.59. The summed E-state index contributed by atoms with van der Waals surface area (Å²) in [7, 11) is 0. The van der Waals surface area contributed by atoms with Crippen LogP contribution in [0, 0.1) is 0 Å². The zero-order valence-corrected chi connectivity index (χ0v) is 19.7. The van der Waals surface area contributed by atoms with Crippen LogP contribution in [0.2, 0.25) is 5.02 Å². The van der Waals surface area contributed by atoms with E-state index in [0.29, 0.717) is 38.3 Å². The number of aromatic amines is 1. The summed E-state index contributed by atoms with van der Waals surface area (Å²) in [5.41, 5.74) is 0.913. The molecule has 0 unspecified atom stereocenters. The number of halogens is 3. The summed E-state index contributed by atoms with van der Waals surface area (Å²) >= 11 is 13.2. The largest absolute Gasteiger partial charge is 0.486 e. The van der Waals surface area contributed by atoms with E-state index in [1.54, 1.807) is 36.4 Å². The van der Waals surface area contributed by atoms with Crippen molar-refractivity contribution in [3.8, 4) is 5.75 Å². The molecule has 4 aromatic rings. The summed E-state index contributed by atoms with van der Waals surface area (Å²) in [6.07, 6.45) is 1.39. The molecule has 0 spiro atoms. The van der Waals surface area contributed by atoms with Crippen LogP contribution in [0.1, 0.15) is 11.1 Å². The molecule has 0 bridgehead atoms. The highest BCUT2D eigenvalue weighted by atomic mass is 79.9. The molecular formula is C22H14Br2ClN3O3. The van der Waals surface area contributed by atoms with Gasteiger partial charge in [-0.3, -0.25) is 4.79 Å². The lowest BCUT2D eigenvalue weighted by molar-refractivity contribution is 0.304. The van der Waals surface area contributed by atoms with E-state index in [9.17, 15) is 9.59 Å². The minimum absolute atomic E-state index is 0.348. The van der Waals surface area contributed by atoms with Gasteiger partial charge in [0.2, 0.25) is 0 Å². The Morgan fingerprint density at radius 2 is 1.81 bits per heavy atom. The van der Waals surface area contributed by atoms with E-state index in [1.165, 1.54) is 6.21 Å². The van der Waals surface area contributed by atoms with Gasteiger partial charge in [0.25, 0.3) is 5.56 Å². The van der Waals surface area contributed by atoms with Gasteiger partial charge >= 0.3 is 5.69 Å². The van der Waals surface area contributed by atoms with Gasteiger partial charge in [-0.2, -0.15) is 5.10 Å². The van der Waals surface area contributed by atoms with Gasteiger partial charge in [0, 0.05) is 4.47 Å². The molecule has 1 N–H and O–H groups in total. The molecule has 0 saturated heterocycles. The van der Waals surface area contributed by atoms with Gasteiger partial charge in [0.15, 0.2) is 5.75 Å². The maximum atomic E-state index is 12.6. The van der Waals surface area contributed by atoms with E-state index in [4.69, 9.17) is 16.3 Å². The molecule has 0 amide bonds. The maximum absolute atomic E-state index is 12.6. The van der Waals surface area contributed by atoms with E-state index in [-0.39, 0.29) is 0 Å². The molecule has 0 fully saturated rings. The molecule has 156 valence electrons. The molecule has 0 aliphatic rings. The van der Waals surface area contributed by atoms with Crippen molar-refractivity contribution in [2.45, 2.75) is 6.61 Å². The summed E-state index contributed by atoms with van der Waals surface area (Å²) in [6.45, 7) is 0.348. The van der Waals surface area contributed by atoms with Gasteiger partial charge in [-0.15, -0.1) is 4.68 Å². The number of fused-ring (bicyclic) bond motifs is 1. The Labute approximate surface area is 198 Å². The second kappa shape index (κ2) is 9.21. The van der Waals surface area contributed by atoms with Crippen LogP contribution in [0.15, 0.2) is 84.3 Å². The van der Waals surface area contributed by atoms with Crippen molar-refractivity contribution in [2.24, 2.45) is 5.10 Å². The summed E-state index contributed by atoms with van der Waals surface area (Å²) in [4.78, 5) is 27.4. The second-order valence-corrected chi connectivity index (χ2v) is 8.74. The highest BCUT2D eigenvalue weighted by Gasteiger charge is 2.10. The number of ether oxygens (including phenoxy) is 1. The van der Waals surface area contributed by atoms with Gasteiger partial charge < -0.3 is 9.72 Å². The molecule has 4 rings (SSSR count). The third-order valence-corrected chi connectivity index (χ3v) is 5.82. The number of nitrogens with one attached hydrogen (secondary N) is 1. The Bertz CT molecular complexity index is 1390. The lowest BCUT2D eigenvalue weighted by Gasteiger charge is -2.11. The van der Waals surface area contributed by atoms with Crippen molar-refractivity contribution < 1.29 is 4.74 Å². The van der Waals surface area contributed by atoms with E-state index in [1.807, 2.05) is 24.3 Å². The molecule has 6 nitrogen and oxygen atoms in total. The summed E-state index contributed by atoms with van der Waals surface area (Å²) in [5.74, 6) is 0.488. The highest BCUT2D eigenvalue weighted by molar-refractivity contribution is 9.10. The molecule has 31 heavy (non-hydrogen) atoms. The first-order chi connectivity index (χ1) is 14.9. The lowest BCUT2D eigenvalue weighted by atomic mass is 10.2. The normalized spacial score (nSPS) is 11.3. The van der Waals surface area contributed by atoms with Gasteiger partial charge in [0.1, 0.15) is 6.61 Å². The standard InChI is InChI=1S/C22H14Br2ClN3O3/c23-15-7-5-13(6-8-15)12-31-20-17(24)9-14(10-18(20)25)11-26-28-21(29)16-3-1-2-4-19(16)27-22(28)30/h1-11H,12H2,(H,27,30). The highest BCUT2D eigenvalue weighted by Crippen LogP contribution is 2.34. The van der Waals surface area contributed by atoms with E-state index < -0.39 is 11.2 Å². The summed E-state index contributed by atoms with van der Waals surface area (Å²) in [5, 5.41) is 4.79. The average Bonchev–Trinajstić information content (AvgIpc) is 2.74. The van der Waals surface area contributed by atoms with Crippen LogP contribution in [0.25, 0.3) is 10.9 Å². The number of aromatic nitrogens is 2. The number of hydrogen-bond donors (Lipinski definition) is 1. The van der Waals surface area contributed by atoms with Crippen LogP contribution in [0.3, 0.4) is 0 Å². The smallest absolute Gasteiger partial charge is 0.349 e. The molecule has 0 aliphatic heterocycles. The van der Waals surface area contributed by atoms with Gasteiger partial charge in [-0.05, 0) is 63.5 Å². The molecule has 0 saturated carbocycles. The molecule has 1 heterocycles. The Morgan fingerprint density at radius 3 is 2.55 bits per heavy atom. The molecule has 9 heteroatoms. The minimum atomic E-state index is -0.625. The van der Waals surface area contributed by atoms with Crippen LogP contribution in [0.4, 0.5) is 0 Å². The first-order valence-electron chi connectivity index (χ1n) is 9.07. The number of benzene rings is 3. The van der Waals surface area contributed by atoms with Crippen molar-refractivity contribution in [1.29, 1.82) is 0 Å². The predicted octanol–water partition coefficient (Wildman–Crippen LogP) is 5.33. The fourth-order valence-electron chi connectivity index (χ4n) is 2.91. The zero-order valence-electron chi connectivity index (χ0n) is 15.8. The van der Waals surface area contributed by atoms with Crippen molar-refractivity contribution in [1.82, 2.24) is 9.66 Å². The average molecular weight is 564 g/mol. The third-order valence-electron chi connectivity index (χ3n) is 4.42. The second-order valence-electron chi connectivity index (χ2n) is 6.57. The SMILES string of the molecule is O=c1[nH]c2ccccc2c(=O)n1N=Cc1cc(Cl)c(OCc2ccc(Br)cc2)c(Br)c1. The minimum Gasteiger partial charge on any atom is -0.486 e. The number of H-pyrrole nitrogens is 1. The van der Waals surface area contributed by atoms with Crippen LogP contribution >= 0.6 is 43.5 Å². The fourth-order valence-corrected chi connectivity index (χ4v) is 4.16. The van der Waals surface area contributed by atoms with Crippen molar-refractivity contribution >= 4 is 60.6 Å². The van der Waals surface area contributed by atoms with Crippen molar-refractivity contribution in [2.75, 3.05) is 0 Å². The van der Waals surface area contributed by atoms with E-state index >= 15 is 0 Å². The van der Waals surface area contributed by atoms with Gasteiger partial charge in [-0.25, -0.2) is 4.79 Å². The fraction of sp³-hybridized carbons (Fsp3) is 0.0455. The maximum Gasteiger partial charge on any atom is 0.349 e. The first-order valence-corrected chi connectivity index (χ1v) is 11.0. The molecule has 3 aromatic carbocycles. The first kappa shape index (κ1) is 21.5. The van der Waals surface area contributed by atoms with Crippen molar-refractivity contribution in [3.63, 3.8) is 0 Å². The molecular weight excluding hydrogens is 550 g/mol. The summed E-state index contributed by atoms with van der Waals surface area (Å²) in [6, 6.07) is 17.9. The van der Waals surface area contributed by atoms with E-state index in [2.05, 4.69) is 41.9 Å². The Hall–Kier alpha value is -2.68. The van der Waals surface area contributed by atoms with Crippen LogP contribution in [-0.4, -0.2) is 15.9 Å². The topological polar surface area (TPSA) is 76.5 Å². The number of nitrogens with zero attached hydrogens (tertiary/aromatic N) is 2. The van der Waals surface area contributed by atoms with Gasteiger partial charge in [0.05, 0.1) is 26.6 Å².